The number of carbonyl (C=O) groups excluding carboxylic acids is 2. The Labute approximate surface area is 111 Å². The Morgan fingerprint density at radius 3 is 2.89 bits per heavy atom. The van der Waals surface area contributed by atoms with Gasteiger partial charge in [-0.2, -0.15) is 0 Å². The molecule has 96 valence electrons. The average Bonchev–Trinajstić information content (AvgIpc) is 2.81. The average molecular weight is 317 g/mol. The molecule has 1 aliphatic rings. The third kappa shape index (κ3) is 2.01. The topological polar surface area (TPSA) is 82.1 Å². The largest absolute Gasteiger partial charge is 0.506 e. The lowest BCUT2D eigenvalue weighted by Crippen LogP contribution is -2.17. The normalized spacial score (nSPS) is 12.3. The van der Waals surface area contributed by atoms with E-state index >= 15 is 0 Å². The molecule has 0 bridgehead atoms. The lowest BCUT2D eigenvalue weighted by molar-refractivity contribution is -0.137. The molecule has 0 saturated carbocycles. The summed E-state index contributed by atoms with van der Waals surface area (Å²) in [5, 5.41) is 9.84. The lowest BCUT2D eigenvalue weighted by Gasteiger charge is -2.07. The summed E-state index contributed by atoms with van der Waals surface area (Å²) in [7, 11) is 0. The molecule has 1 aromatic carbocycles. The Morgan fingerprint density at radius 2 is 2.22 bits per heavy atom. The smallest absolute Gasteiger partial charge is 0.379 e. The lowest BCUT2D eigenvalue weighted by atomic mass is 10.1. The fourth-order valence-electron chi connectivity index (χ4n) is 1.47. The van der Waals surface area contributed by atoms with Gasteiger partial charge in [-0.1, -0.05) is 0 Å². The van der Waals surface area contributed by atoms with Crippen molar-refractivity contribution in [3.63, 3.8) is 0 Å². The van der Waals surface area contributed by atoms with Gasteiger partial charge in [0.05, 0.1) is 12.2 Å². The maximum Gasteiger partial charge on any atom is 0.379 e. The van der Waals surface area contributed by atoms with Gasteiger partial charge in [0.1, 0.15) is 10.2 Å². The zero-order valence-corrected chi connectivity index (χ0v) is 10.9. The molecule has 1 N–H and O–H groups in total. The number of ether oxygens (including phenoxy) is 3. The van der Waals surface area contributed by atoms with Crippen molar-refractivity contribution in [1.29, 1.82) is 0 Å². The maximum absolute atomic E-state index is 11.8. The van der Waals surface area contributed by atoms with E-state index in [1.165, 1.54) is 6.07 Å². The summed E-state index contributed by atoms with van der Waals surface area (Å²) >= 11 is 3.08. The summed E-state index contributed by atoms with van der Waals surface area (Å²) < 4.78 is 15.0. The van der Waals surface area contributed by atoms with Crippen molar-refractivity contribution in [2.24, 2.45) is 0 Å². The third-order valence-corrected chi connectivity index (χ3v) is 3.02. The van der Waals surface area contributed by atoms with Gasteiger partial charge < -0.3 is 19.3 Å². The number of aromatic hydroxyl groups is 1. The van der Waals surface area contributed by atoms with E-state index < -0.39 is 11.8 Å². The van der Waals surface area contributed by atoms with Crippen LogP contribution in [0.3, 0.4) is 0 Å². The molecule has 0 saturated heterocycles. The zero-order chi connectivity index (χ0) is 13.3. The van der Waals surface area contributed by atoms with Crippen LogP contribution in [0.5, 0.6) is 17.2 Å². The Bertz CT molecular complexity index is 525. The van der Waals surface area contributed by atoms with Crippen LogP contribution in [0.25, 0.3) is 0 Å². The molecule has 0 radical (unpaired) electrons. The molecule has 0 aliphatic carbocycles. The molecule has 0 aromatic heterocycles. The number of fused-ring (bicyclic) bond motifs is 1. The highest BCUT2D eigenvalue weighted by atomic mass is 79.9. The molecule has 18 heavy (non-hydrogen) atoms. The molecule has 1 aromatic rings. The monoisotopic (exact) mass is 316 g/mol. The van der Waals surface area contributed by atoms with Crippen molar-refractivity contribution in [2.45, 2.75) is 6.92 Å². The number of benzene rings is 1. The number of phenolic OH excluding ortho intramolecular Hbond substituents is 1. The van der Waals surface area contributed by atoms with Crippen molar-refractivity contribution < 1.29 is 28.9 Å². The van der Waals surface area contributed by atoms with E-state index in [2.05, 4.69) is 20.7 Å². The number of hydrogen-bond acceptors (Lipinski definition) is 6. The van der Waals surface area contributed by atoms with Crippen LogP contribution in [0.4, 0.5) is 0 Å². The Kier molecular flexibility index (Phi) is 3.42. The molecule has 7 heteroatoms. The molecular formula is C11H9BrO6. The zero-order valence-electron chi connectivity index (χ0n) is 9.36. The van der Waals surface area contributed by atoms with Crippen LogP contribution in [0, 0.1) is 0 Å². The molecule has 2 rings (SSSR count). The van der Waals surface area contributed by atoms with E-state index in [0.717, 1.165) is 0 Å². The number of phenols is 1. The number of esters is 1. The minimum Gasteiger partial charge on any atom is -0.506 e. The van der Waals surface area contributed by atoms with Crippen molar-refractivity contribution in [3.8, 4) is 17.2 Å². The highest BCUT2D eigenvalue weighted by molar-refractivity contribution is 9.10. The molecule has 1 heterocycles. The predicted octanol–water partition coefficient (Wildman–Crippen LogP) is 1.63. The van der Waals surface area contributed by atoms with Crippen LogP contribution in [0.15, 0.2) is 10.5 Å². The Balaban J connectivity index is 2.43. The summed E-state index contributed by atoms with van der Waals surface area (Å²) in [5.41, 5.74) is -0.190. The molecule has 0 amide bonds. The van der Waals surface area contributed by atoms with Gasteiger partial charge in [-0.05, 0) is 28.9 Å². The van der Waals surface area contributed by atoms with E-state index in [1.807, 2.05) is 0 Å². The highest BCUT2D eigenvalue weighted by Gasteiger charge is 2.29. The van der Waals surface area contributed by atoms with Gasteiger partial charge in [0.15, 0.2) is 11.5 Å². The summed E-state index contributed by atoms with van der Waals surface area (Å²) in [6.45, 7) is 1.65. The predicted molar refractivity (Wildman–Crippen MR) is 62.9 cm³/mol. The molecular weight excluding hydrogens is 308 g/mol. The van der Waals surface area contributed by atoms with Crippen molar-refractivity contribution in [3.05, 3.63) is 16.1 Å². The summed E-state index contributed by atoms with van der Waals surface area (Å²) in [4.78, 5) is 23.1. The Morgan fingerprint density at radius 1 is 1.50 bits per heavy atom. The van der Waals surface area contributed by atoms with Crippen LogP contribution >= 0.6 is 15.9 Å². The second-order valence-corrected chi connectivity index (χ2v) is 4.16. The van der Waals surface area contributed by atoms with E-state index in [1.54, 1.807) is 6.92 Å². The quantitative estimate of drug-likeness (QED) is 0.518. The van der Waals surface area contributed by atoms with E-state index in [4.69, 9.17) is 9.47 Å². The van der Waals surface area contributed by atoms with Gasteiger partial charge in [0, 0.05) is 0 Å². The SMILES string of the molecule is CCOC(=O)C(=O)c1cc2c(c(Br)c1O)OCO2. The van der Waals surface area contributed by atoms with Crippen LogP contribution in [0.2, 0.25) is 0 Å². The fourth-order valence-corrected chi connectivity index (χ4v) is 2.00. The first-order valence-electron chi connectivity index (χ1n) is 5.08. The van der Waals surface area contributed by atoms with Crippen LogP contribution in [-0.2, 0) is 9.53 Å². The summed E-state index contributed by atoms with van der Waals surface area (Å²) in [6, 6.07) is 1.25. The van der Waals surface area contributed by atoms with Crippen molar-refractivity contribution in [1.82, 2.24) is 0 Å². The molecule has 0 unspecified atom stereocenters. The Hall–Kier alpha value is -1.76. The number of ketones is 1. The third-order valence-electron chi connectivity index (χ3n) is 2.28. The first-order valence-corrected chi connectivity index (χ1v) is 5.88. The molecule has 1 aliphatic heterocycles. The van der Waals surface area contributed by atoms with E-state index in [0.29, 0.717) is 5.75 Å². The van der Waals surface area contributed by atoms with Gasteiger partial charge in [-0.25, -0.2) is 4.79 Å². The fraction of sp³-hybridized carbons (Fsp3) is 0.273. The molecule has 0 fully saturated rings. The summed E-state index contributed by atoms with van der Waals surface area (Å²) in [6.07, 6.45) is 0. The van der Waals surface area contributed by atoms with Gasteiger partial charge in [0.25, 0.3) is 5.78 Å². The number of halogens is 1. The van der Waals surface area contributed by atoms with E-state index in [-0.39, 0.29) is 34.9 Å². The van der Waals surface area contributed by atoms with Crippen LogP contribution < -0.4 is 9.47 Å². The maximum atomic E-state index is 11.8. The first kappa shape index (κ1) is 12.7. The van der Waals surface area contributed by atoms with Gasteiger partial charge in [0.2, 0.25) is 6.79 Å². The van der Waals surface area contributed by atoms with Crippen molar-refractivity contribution >= 4 is 27.7 Å². The highest BCUT2D eigenvalue weighted by Crippen LogP contribution is 2.46. The molecule has 0 spiro atoms. The standard InChI is InChI=1S/C11H9BrO6/c1-2-16-11(15)9(14)5-3-6-10(18-4-17-6)7(12)8(5)13/h3,13H,2,4H2,1H3. The number of carbonyl (C=O) groups is 2. The van der Waals surface area contributed by atoms with Crippen molar-refractivity contribution in [2.75, 3.05) is 13.4 Å². The summed E-state index contributed by atoms with van der Waals surface area (Å²) in [5.74, 6) is -1.76. The van der Waals surface area contributed by atoms with Crippen LogP contribution in [-0.4, -0.2) is 30.3 Å². The molecule has 6 nitrogen and oxygen atoms in total. The minimum absolute atomic E-state index is 0.00950. The number of rotatable bonds is 3. The first-order chi connectivity index (χ1) is 8.56. The number of hydrogen-bond donors (Lipinski definition) is 1. The van der Waals surface area contributed by atoms with Crippen LogP contribution in [0.1, 0.15) is 17.3 Å². The minimum atomic E-state index is -1.03. The second-order valence-electron chi connectivity index (χ2n) is 3.37. The van der Waals surface area contributed by atoms with Gasteiger partial charge in [-0.15, -0.1) is 0 Å². The van der Waals surface area contributed by atoms with E-state index in [9.17, 15) is 14.7 Å². The van der Waals surface area contributed by atoms with Gasteiger partial charge >= 0.3 is 5.97 Å². The van der Waals surface area contributed by atoms with Gasteiger partial charge in [-0.3, -0.25) is 4.79 Å². The molecule has 0 atom stereocenters. The number of Topliss-reactive ketones (excluding diaryl/α,β-unsaturated/α-hetero) is 1. The second kappa shape index (κ2) is 4.85.